The third kappa shape index (κ3) is 2.65. The van der Waals surface area contributed by atoms with Gasteiger partial charge in [0.1, 0.15) is 5.75 Å². The Bertz CT molecular complexity index is 581. The van der Waals surface area contributed by atoms with E-state index in [9.17, 15) is 4.79 Å². The summed E-state index contributed by atoms with van der Waals surface area (Å²) in [5.74, 6) is 0.730. The zero-order chi connectivity index (χ0) is 12.3. The first kappa shape index (κ1) is 11.7. The molecule has 17 heavy (non-hydrogen) atoms. The molecule has 2 aromatic rings. The maximum atomic E-state index is 11.2. The fourth-order valence-electron chi connectivity index (χ4n) is 1.38. The van der Waals surface area contributed by atoms with Gasteiger partial charge in [-0.2, -0.15) is 0 Å². The number of halogens is 1. The predicted molar refractivity (Wildman–Crippen MR) is 65.8 cm³/mol. The molecule has 4 nitrogen and oxygen atoms in total. The fourth-order valence-corrected chi connectivity index (χ4v) is 1.52. The first-order valence-electron chi connectivity index (χ1n) is 5.20. The van der Waals surface area contributed by atoms with Gasteiger partial charge in [0.25, 0.3) is 5.56 Å². The maximum absolute atomic E-state index is 11.2. The Morgan fingerprint density at radius 2 is 2.29 bits per heavy atom. The van der Waals surface area contributed by atoms with Crippen LogP contribution in [-0.2, 0) is 6.42 Å². The van der Waals surface area contributed by atoms with Crippen molar-refractivity contribution in [2.75, 3.05) is 0 Å². The van der Waals surface area contributed by atoms with Crippen LogP contribution in [0.3, 0.4) is 0 Å². The van der Waals surface area contributed by atoms with Crippen LogP contribution in [0.1, 0.15) is 12.5 Å². The lowest BCUT2D eigenvalue weighted by atomic mass is 10.2. The first-order valence-corrected chi connectivity index (χ1v) is 5.58. The highest BCUT2D eigenvalue weighted by atomic mass is 35.5. The number of benzene rings is 1. The molecule has 0 saturated heterocycles. The quantitative estimate of drug-likeness (QED) is 0.911. The molecule has 5 heteroatoms. The highest BCUT2D eigenvalue weighted by molar-refractivity contribution is 6.31. The van der Waals surface area contributed by atoms with E-state index in [2.05, 4.69) is 16.9 Å². The van der Waals surface area contributed by atoms with Crippen molar-refractivity contribution in [2.45, 2.75) is 13.3 Å². The number of aromatic amines is 1. The third-order valence-electron chi connectivity index (χ3n) is 2.29. The lowest BCUT2D eigenvalue weighted by Crippen LogP contribution is -2.07. The minimum atomic E-state index is -0.414. The van der Waals surface area contributed by atoms with Gasteiger partial charge in [0.2, 0.25) is 5.88 Å². The maximum Gasteiger partial charge on any atom is 0.273 e. The molecule has 0 aliphatic carbocycles. The number of aryl methyl sites for hydroxylation is 1. The Morgan fingerprint density at radius 1 is 1.47 bits per heavy atom. The summed E-state index contributed by atoms with van der Waals surface area (Å²) < 4.78 is 5.47. The molecule has 0 amide bonds. The van der Waals surface area contributed by atoms with E-state index in [-0.39, 0.29) is 10.9 Å². The number of nitrogens with one attached hydrogen (secondary N) is 1. The van der Waals surface area contributed by atoms with E-state index < -0.39 is 5.56 Å². The molecule has 1 N–H and O–H groups in total. The van der Waals surface area contributed by atoms with E-state index in [0.29, 0.717) is 5.75 Å². The number of aromatic nitrogens is 2. The van der Waals surface area contributed by atoms with Crippen LogP contribution in [-0.4, -0.2) is 9.97 Å². The lowest BCUT2D eigenvalue weighted by molar-refractivity contribution is 0.460. The average molecular weight is 251 g/mol. The molecular weight excluding hydrogens is 240 g/mol. The predicted octanol–water partition coefficient (Wildman–Crippen LogP) is 2.78. The van der Waals surface area contributed by atoms with Crippen molar-refractivity contribution < 1.29 is 4.74 Å². The molecule has 1 heterocycles. The van der Waals surface area contributed by atoms with Gasteiger partial charge >= 0.3 is 0 Å². The number of hydrogen-bond acceptors (Lipinski definition) is 3. The van der Waals surface area contributed by atoms with Crippen LogP contribution in [0.15, 0.2) is 35.4 Å². The number of ether oxygens (including phenoxy) is 1. The van der Waals surface area contributed by atoms with Crippen molar-refractivity contribution in [2.24, 2.45) is 0 Å². The Kier molecular flexibility index (Phi) is 3.44. The summed E-state index contributed by atoms with van der Waals surface area (Å²) in [4.78, 5) is 17.5. The molecule has 0 radical (unpaired) electrons. The fraction of sp³-hybridized carbons (Fsp3) is 0.167. The van der Waals surface area contributed by atoms with E-state index >= 15 is 0 Å². The number of rotatable bonds is 3. The standard InChI is InChI=1S/C12H11ClN2O2/c1-2-8-4-3-5-9(6-8)17-12-10(13)11(16)14-7-15-12/h3-7H,2H2,1H3,(H,14,15,16). The van der Waals surface area contributed by atoms with Crippen molar-refractivity contribution in [1.82, 2.24) is 9.97 Å². The number of H-pyrrole nitrogens is 1. The summed E-state index contributed by atoms with van der Waals surface area (Å²) in [6.07, 6.45) is 2.17. The molecule has 1 aromatic heterocycles. The van der Waals surface area contributed by atoms with Gasteiger partial charge < -0.3 is 9.72 Å². The zero-order valence-corrected chi connectivity index (χ0v) is 9.99. The zero-order valence-electron chi connectivity index (χ0n) is 9.24. The van der Waals surface area contributed by atoms with Crippen molar-refractivity contribution in [3.05, 3.63) is 51.5 Å². The van der Waals surface area contributed by atoms with Crippen molar-refractivity contribution in [3.8, 4) is 11.6 Å². The summed E-state index contributed by atoms with van der Waals surface area (Å²) >= 11 is 5.79. The van der Waals surface area contributed by atoms with E-state index in [1.54, 1.807) is 6.07 Å². The average Bonchev–Trinajstić information content (AvgIpc) is 2.35. The molecule has 88 valence electrons. The van der Waals surface area contributed by atoms with Crippen LogP contribution in [0.5, 0.6) is 11.6 Å². The number of hydrogen-bond donors (Lipinski definition) is 1. The van der Waals surface area contributed by atoms with Crippen LogP contribution in [0.2, 0.25) is 5.02 Å². The van der Waals surface area contributed by atoms with Gasteiger partial charge in [-0.3, -0.25) is 4.79 Å². The smallest absolute Gasteiger partial charge is 0.273 e. The highest BCUT2D eigenvalue weighted by Gasteiger charge is 2.08. The lowest BCUT2D eigenvalue weighted by Gasteiger charge is -2.06. The monoisotopic (exact) mass is 250 g/mol. The van der Waals surface area contributed by atoms with Crippen molar-refractivity contribution in [3.63, 3.8) is 0 Å². The SMILES string of the molecule is CCc1cccc(Oc2nc[nH]c(=O)c2Cl)c1. The van der Waals surface area contributed by atoms with Crippen LogP contribution in [0, 0.1) is 0 Å². The highest BCUT2D eigenvalue weighted by Crippen LogP contribution is 2.24. The van der Waals surface area contributed by atoms with Gasteiger partial charge in [0.05, 0.1) is 6.33 Å². The second kappa shape index (κ2) is 5.01. The Labute approximate surface area is 103 Å². The van der Waals surface area contributed by atoms with Crippen LogP contribution in [0.4, 0.5) is 0 Å². The van der Waals surface area contributed by atoms with Crippen molar-refractivity contribution >= 4 is 11.6 Å². The van der Waals surface area contributed by atoms with E-state index in [0.717, 1.165) is 12.0 Å². The van der Waals surface area contributed by atoms with Crippen LogP contribution in [0.25, 0.3) is 0 Å². The largest absolute Gasteiger partial charge is 0.437 e. The van der Waals surface area contributed by atoms with Crippen LogP contribution >= 0.6 is 11.6 Å². The molecule has 1 aromatic carbocycles. The van der Waals surface area contributed by atoms with Gasteiger partial charge in [-0.1, -0.05) is 30.7 Å². The van der Waals surface area contributed by atoms with E-state index in [1.807, 2.05) is 18.2 Å². The van der Waals surface area contributed by atoms with Crippen molar-refractivity contribution in [1.29, 1.82) is 0 Å². The normalized spacial score (nSPS) is 10.2. The summed E-state index contributed by atoms with van der Waals surface area (Å²) in [5, 5.41) is -0.0469. The van der Waals surface area contributed by atoms with E-state index in [4.69, 9.17) is 16.3 Å². The molecule has 0 bridgehead atoms. The first-order chi connectivity index (χ1) is 8.20. The summed E-state index contributed by atoms with van der Waals surface area (Å²) in [6, 6.07) is 7.56. The minimum absolute atomic E-state index is 0.0469. The summed E-state index contributed by atoms with van der Waals surface area (Å²) in [7, 11) is 0. The molecular formula is C12H11ClN2O2. The van der Waals surface area contributed by atoms with Gasteiger partial charge in [-0.25, -0.2) is 4.98 Å². The molecule has 2 rings (SSSR count). The van der Waals surface area contributed by atoms with Gasteiger partial charge in [0.15, 0.2) is 5.02 Å². The van der Waals surface area contributed by atoms with Gasteiger partial charge in [-0.05, 0) is 24.1 Å². The second-order valence-electron chi connectivity index (χ2n) is 3.45. The molecule has 0 aliphatic rings. The van der Waals surface area contributed by atoms with Gasteiger partial charge in [0, 0.05) is 0 Å². The Balaban J connectivity index is 2.31. The molecule has 0 saturated carbocycles. The molecule has 0 spiro atoms. The summed E-state index contributed by atoms with van der Waals surface area (Å²) in [6.45, 7) is 2.05. The minimum Gasteiger partial charge on any atom is -0.437 e. The topological polar surface area (TPSA) is 55.0 Å². The second-order valence-corrected chi connectivity index (χ2v) is 3.83. The molecule has 0 atom stereocenters. The number of nitrogens with zero attached hydrogens (tertiary/aromatic N) is 1. The Hall–Kier alpha value is -1.81. The Morgan fingerprint density at radius 3 is 3.06 bits per heavy atom. The van der Waals surface area contributed by atoms with Gasteiger partial charge in [-0.15, -0.1) is 0 Å². The third-order valence-corrected chi connectivity index (χ3v) is 2.62. The molecule has 0 unspecified atom stereocenters. The molecule has 0 fully saturated rings. The van der Waals surface area contributed by atoms with Crippen LogP contribution < -0.4 is 10.3 Å². The summed E-state index contributed by atoms with van der Waals surface area (Å²) in [5.41, 5.74) is 0.728. The molecule has 0 aliphatic heterocycles. The van der Waals surface area contributed by atoms with E-state index in [1.165, 1.54) is 6.33 Å².